The van der Waals surface area contributed by atoms with Crippen LogP contribution in [0.5, 0.6) is 11.5 Å². The number of halogens is 2. The topological polar surface area (TPSA) is 35.2 Å². The molecule has 2 aromatic rings. The summed E-state index contributed by atoms with van der Waals surface area (Å²) in [6, 6.07) is 11.3. The number of benzene rings is 2. The highest BCUT2D eigenvalue weighted by atomic mass is 35.5. The van der Waals surface area contributed by atoms with Crippen molar-refractivity contribution in [1.29, 1.82) is 0 Å². The minimum Gasteiger partial charge on any atom is -0.457 e. The highest BCUT2D eigenvalue weighted by molar-refractivity contribution is 6.31. The fraction of sp³-hybridized carbons (Fsp3) is 0.143. The summed E-state index contributed by atoms with van der Waals surface area (Å²) in [5, 5.41) is 0.606. The molecule has 2 nitrogen and oxygen atoms in total. The van der Waals surface area contributed by atoms with Gasteiger partial charge in [-0.25, -0.2) is 4.39 Å². The van der Waals surface area contributed by atoms with Crippen molar-refractivity contribution in [3.05, 3.63) is 58.9 Å². The molecule has 0 unspecified atom stereocenters. The smallest absolute Gasteiger partial charge is 0.130 e. The lowest BCUT2D eigenvalue weighted by atomic mass is 10.1. The lowest BCUT2D eigenvalue weighted by Crippen LogP contribution is -2.03. The van der Waals surface area contributed by atoms with Crippen LogP contribution >= 0.6 is 11.6 Å². The van der Waals surface area contributed by atoms with Gasteiger partial charge in [0, 0.05) is 11.1 Å². The van der Waals surface area contributed by atoms with Crippen LogP contribution in [0, 0.1) is 5.82 Å². The van der Waals surface area contributed by atoms with Crippen molar-refractivity contribution in [2.75, 3.05) is 6.54 Å². The first kappa shape index (κ1) is 12.9. The van der Waals surface area contributed by atoms with Crippen LogP contribution in [-0.2, 0) is 6.42 Å². The standard InChI is InChI=1S/C14H13ClFNO/c15-14-9-13(5-4-10(14)6-7-17)18-12-3-1-2-11(16)8-12/h1-5,8-9H,6-7,17H2. The highest BCUT2D eigenvalue weighted by Gasteiger charge is 2.03. The number of nitrogens with two attached hydrogens (primary N) is 1. The van der Waals surface area contributed by atoms with E-state index in [1.165, 1.54) is 12.1 Å². The Labute approximate surface area is 110 Å². The monoisotopic (exact) mass is 265 g/mol. The largest absolute Gasteiger partial charge is 0.457 e. The molecule has 0 saturated carbocycles. The van der Waals surface area contributed by atoms with Gasteiger partial charge in [0.15, 0.2) is 0 Å². The molecule has 0 saturated heterocycles. The van der Waals surface area contributed by atoms with Crippen LogP contribution in [0.4, 0.5) is 4.39 Å². The van der Waals surface area contributed by atoms with Crippen molar-refractivity contribution in [3.63, 3.8) is 0 Å². The van der Waals surface area contributed by atoms with Gasteiger partial charge in [0.2, 0.25) is 0 Å². The van der Waals surface area contributed by atoms with Crippen molar-refractivity contribution >= 4 is 11.6 Å². The lowest BCUT2D eigenvalue weighted by molar-refractivity contribution is 0.476. The summed E-state index contributed by atoms with van der Waals surface area (Å²) in [7, 11) is 0. The molecule has 0 aliphatic carbocycles. The molecular weight excluding hydrogens is 253 g/mol. The van der Waals surface area contributed by atoms with Gasteiger partial charge in [-0.2, -0.15) is 0 Å². The van der Waals surface area contributed by atoms with E-state index in [9.17, 15) is 4.39 Å². The van der Waals surface area contributed by atoms with Crippen LogP contribution in [0.15, 0.2) is 42.5 Å². The average Bonchev–Trinajstić information content (AvgIpc) is 2.33. The van der Waals surface area contributed by atoms with E-state index in [1.807, 2.05) is 6.07 Å². The maximum absolute atomic E-state index is 13.0. The molecule has 2 N–H and O–H groups in total. The molecule has 0 radical (unpaired) electrons. The molecule has 18 heavy (non-hydrogen) atoms. The second-order valence-electron chi connectivity index (χ2n) is 3.85. The lowest BCUT2D eigenvalue weighted by Gasteiger charge is -2.08. The molecule has 0 spiro atoms. The van der Waals surface area contributed by atoms with Gasteiger partial charge in [-0.1, -0.05) is 23.7 Å². The number of ether oxygens (including phenoxy) is 1. The zero-order chi connectivity index (χ0) is 13.0. The molecule has 0 aliphatic rings. The third kappa shape index (κ3) is 3.22. The first-order valence-corrected chi connectivity index (χ1v) is 5.99. The third-order valence-electron chi connectivity index (χ3n) is 2.47. The van der Waals surface area contributed by atoms with Crippen molar-refractivity contribution in [2.45, 2.75) is 6.42 Å². The Hall–Kier alpha value is -1.58. The van der Waals surface area contributed by atoms with Crippen molar-refractivity contribution < 1.29 is 9.13 Å². The molecule has 4 heteroatoms. The van der Waals surface area contributed by atoms with Gasteiger partial charge in [0.25, 0.3) is 0 Å². The summed E-state index contributed by atoms with van der Waals surface area (Å²) in [5.41, 5.74) is 6.45. The zero-order valence-electron chi connectivity index (χ0n) is 9.70. The minimum atomic E-state index is -0.335. The van der Waals surface area contributed by atoms with Gasteiger partial charge in [0.05, 0.1) is 0 Å². The van der Waals surface area contributed by atoms with E-state index in [0.29, 0.717) is 23.1 Å². The Morgan fingerprint density at radius 2 is 1.89 bits per heavy atom. The summed E-state index contributed by atoms with van der Waals surface area (Å²) in [5.74, 6) is 0.683. The molecule has 0 heterocycles. The van der Waals surface area contributed by atoms with E-state index in [-0.39, 0.29) is 5.82 Å². The molecule has 94 valence electrons. The van der Waals surface area contributed by atoms with Crippen molar-refractivity contribution in [3.8, 4) is 11.5 Å². The van der Waals surface area contributed by atoms with E-state index in [4.69, 9.17) is 22.1 Å². The third-order valence-corrected chi connectivity index (χ3v) is 2.82. The van der Waals surface area contributed by atoms with E-state index in [1.54, 1.807) is 24.3 Å². The summed E-state index contributed by atoms with van der Waals surface area (Å²) in [6.45, 7) is 0.545. The van der Waals surface area contributed by atoms with E-state index in [2.05, 4.69) is 0 Å². The SMILES string of the molecule is NCCc1ccc(Oc2cccc(F)c2)cc1Cl. The summed E-state index contributed by atoms with van der Waals surface area (Å²) >= 11 is 6.10. The maximum Gasteiger partial charge on any atom is 0.130 e. The number of hydrogen-bond acceptors (Lipinski definition) is 2. The van der Waals surface area contributed by atoms with Crippen LogP contribution < -0.4 is 10.5 Å². The Morgan fingerprint density at radius 3 is 2.56 bits per heavy atom. The second kappa shape index (κ2) is 5.85. The van der Waals surface area contributed by atoms with Crippen LogP contribution in [-0.4, -0.2) is 6.54 Å². The first-order valence-electron chi connectivity index (χ1n) is 5.61. The van der Waals surface area contributed by atoms with E-state index in [0.717, 1.165) is 12.0 Å². The van der Waals surface area contributed by atoms with Gasteiger partial charge in [0.1, 0.15) is 17.3 Å². The van der Waals surface area contributed by atoms with Crippen molar-refractivity contribution in [1.82, 2.24) is 0 Å². The number of rotatable bonds is 4. The predicted molar refractivity (Wildman–Crippen MR) is 70.7 cm³/mol. The van der Waals surface area contributed by atoms with Gasteiger partial charge in [-0.3, -0.25) is 0 Å². The van der Waals surface area contributed by atoms with E-state index < -0.39 is 0 Å². The van der Waals surface area contributed by atoms with Gasteiger partial charge >= 0.3 is 0 Å². The summed E-state index contributed by atoms with van der Waals surface area (Å²) < 4.78 is 18.5. The molecule has 0 fully saturated rings. The average molecular weight is 266 g/mol. The van der Waals surface area contributed by atoms with Crippen LogP contribution in [0.1, 0.15) is 5.56 Å². The van der Waals surface area contributed by atoms with Gasteiger partial charge < -0.3 is 10.5 Å². The van der Waals surface area contributed by atoms with Gasteiger partial charge in [-0.15, -0.1) is 0 Å². The second-order valence-corrected chi connectivity index (χ2v) is 4.26. The summed E-state index contributed by atoms with van der Waals surface area (Å²) in [4.78, 5) is 0. The fourth-order valence-electron chi connectivity index (χ4n) is 1.62. The van der Waals surface area contributed by atoms with Crippen molar-refractivity contribution in [2.24, 2.45) is 5.73 Å². The highest BCUT2D eigenvalue weighted by Crippen LogP contribution is 2.27. The first-order chi connectivity index (χ1) is 8.69. The van der Waals surface area contributed by atoms with Crippen LogP contribution in [0.25, 0.3) is 0 Å². The molecule has 2 rings (SSSR count). The summed E-state index contributed by atoms with van der Waals surface area (Å²) in [6.07, 6.45) is 0.721. The zero-order valence-corrected chi connectivity index (χ0v) is 10.5. The molecule has 0 amide bonds. The number of hydrogen-bond donors (Lipinski definition) is 1. The molecule has 0 aliphatic heterocycles. The predicted octanol–water partition coefficient (Wildman–Crippen LogP) is 3.77. The fourth-order valence-corrected chi connectivity index (χ4v) is 1.88. The maximum atomic E-state index is 13.0. The molecule has 2 aromatic carbocycles. The molecule has 0 aromatic heterocycles. The Morgan fingerprint density at radius 1 is 1.11 bits per heavy atom. The Kier molecular flexibility index (Phi) is 4.18. The molecule has 0 atom stereocenters. The van der Waals surface area contributed by atoms with E-state index >= 15 is 0 Å². The van der Waals surface area contributed by atoms with Crippen LogP contribution in [0.2, 0.25) is 5.02 Å². The minimum absolute atomic E-state index is 0.335. The molecule has 0 bridgehead atoms. The van der Waals surface area contributed by atoms with Gasteiger partial charge in [-0.05, 0) is 42.8 Å². The molecular formula is C14H13ClFNO. The Bertz CT molecular complexity index is 545. The Balaban J connectivity index is 2.17. The quantitative estimate of drug-likeness (QED) is 0.913. The normalized spacial score (nSPS) is 10.4. The van der Waals surface area contributed by atoms with Crippen LogP contribution in [0.3, 0.4) is 0 Å².